The van der Waals surface area contributed by atoms with E-state index in [1.54, 1.807) is 0 Å². The molecule has 1 aliphatic rings. The fourth-order valence-electron chi connectivity index (χ4n) is 3.39. The maximum atomic E-state index is 12.2. The SMILES string of the molecule is CCNC(=O)N1CCc2ccc(NCc3ccc4ncccc4c3)cc21. The van der Waals surface area contributed by atoms with Gasteiger partial charge in [-0.05, 0) is 54.8 Å². The predicted octanol–water partition coefficient (Wildman–Crippen LogP) is 3.94. The highest BCUT2D eigenvalue weighted by Crippen LogP contribution is 2.31. The first-order valence-electron chi connectivity index (χ1n) is 9.00. The van der Waals surface area contributed by atoms with Gasteiger partial charge in [0.05, 0.1) is 11.2 Å². The van der Waals surface area contributed by atoms with Gasteiger partial charge in [-0.1, -0.05) is 18.2 Å². The quantitative estimate of drug-likeness (QED) is 0.752. The summed E-state index contributed by atoms with van der Waals surface area (Å²) >= 11 is 0. The summed E-state index contributed by atoms with van der Waals surface area (Å²) in [6.07, 6.45) is 2.72. The van der Waals surface area contributed by atoms with Gasteiger partial charge in [-0.3, -0.25) is 9.88 Å². The molecule has 5 nitrogen and oxygen atoms in total. The van der Waals surface area contributed by atoms with Gasteiger partial charge in [-0.15, -0.1) is 0 Å². The van der Waals surface area contributed by atoms with Crippen molar-refractivity contribution in [3.8, 4) is 0 Å². The zero-order valence-corrected chi connectivity index (χ0v) is 14.8. The zero-order chi connectivity index (χ0) is 17.9. The predicted molar refractivity (Wildman–Crippen MR) is 106 cm³/mol. The number of amides is 2. The number of hydrogen-bond donors (Lipinski definition) is 2. The van der Waals surface area contributed by atoms with E-state index in [-0.39, 0.29) is 6.03 Å². The van der Waals surface area contributed by atoms with Gasteiger partial charge in [0.1, 0.15) is 0 Å². The van der Waals surface area contributed by atoms with Crippen LogP contribution in [0, 0.1) is 0 Å². The van der Waals surface area contributed by atoms with Crippen molar-refractivity contribution in [2.75, 3.05) is 23.3 Å². The lowest BCUT2D eigenvalue weighted by molar-refractivity contribution is 0.247. The van der Waals surface area contributed by atoms with Crippen LogP contribution in [0.15, 0.2) is 54.7 Å². The van der Waals surface area contributed by atoms with Crippen LogP contribution >= 0.6 is 0 Å². The van der Waals surface area contributed by atoms with Crippen molar-refractivity contribution in [3.63, 3.8) is 0 Å². The first kappa shape index (κ1) is 16.4. The summed E-state index contributed by atoms with van der Waals surface area (Å²) in [6.45, 7) is 4.04. The molecular formula is C21H22N4O. The Kier molecular flexibility index (Phi) is 4.44. The molecule has 0 spiro atoms. The molecule has 0 bridgehead atoms. The summed E-state index contributed by atoms with van der Waals surface area (Å²) in [5.41, 5.74) is 5.45. The minimum absolute atomic E-state index is 0.0228. The highest BCUT2D eigenvalue weighted by molar-refractivity contribution is 5.94. The van der Waals surface area contributed by atoms with Crippen molar-refractivity contribution in [2.24, 2.45) is 0 Å². The molecule has 4 rings (SSSR count). The molecule has 0 saturated carbocycles. The van der Waals surface area contributed by atoms with E-state index >= 15 is 0 Å². The number of carbonyl (C=O) groups excluding carboxylic acids is 1. The van der Waals surface area contributed by atoms with Crippen molar-refractivity contribution < 1.29 is 4.79 Å². The number of aromatic nitrogens is 1. The van der Waals surface area contributed by atoms with Crippen LogP contribution in [0.4, 0.5) is 16.2 Å². The Morgan fingerprint density at radius 3 is 3.00 bits per heavy atom. The van der Waals surface area contributed by atoms with Crippen LogP contribution in [-0.4, -0.2) is 24.1 Å². The van der Waals surface area contributed by atoms with E-state index in [2.05, 4.69) is 52.0 Å². The molecule has 26 heavy (non-hydrogen) atoms. The summed E-state index contributed by atoms with van der Waals surface area (Å²) in [7, 11) is 0. The molecular weight excluding hydrogens is 324 g/mol. The largest absolute Gasteiger partial charge is 0.381 e. The maximum absolute atomic E-state index is 12.2. The molecule has 2 heterocycles. The van der Waals surface area contributed by atoms with Crippen LogP contribution in [0.3, 0.4) is 0 Å². The fraction of sp³-hybridized carbons (Fsp3) is 0.238. The van der Waals surface area contributed by atoms with Gasteiger partial charge < -0.3 is 10.6 Å². The summed E-state index contributed by atoms with van der Waals surface area (Å²) < 4.78 is 0. The molecule has 0 aliphatic carbocycles. The molecule has 0 unspecified atom stereocenters. The Hall–Kier alpha value is -3.08. The van der Waals surface area contributed by atoms with E-state index in [4.69, 9.17) is 0 Å². The second-order valence-electron chi connectivity index (χ2n) is 6.46. The lowest BCUT2D eigenvalue weighted by Gasteiger charge is -2.18. The molecule has 3 aromatic rings. The standard InChI is InChI=1S/C21H22N4O/c1-2-22-21(26)25-11-9-16-6-7-18(13-20(16)25)24-14-15-5-8-19-17(12-15)4-3-10-23-19/h3-8,10,12-13,24H,2,9,11,14H2,1H3,(H,22,26). The van der Waals surface area contributed by atoms with E-state index in [1.165, 1.54) is 11.1 Å². The van der Waals surface area contributed by atoms with E-state index in [0.29, 0.717) is 6.54 Å². The minimum atomic E-state index is -0.0228. The lowest BCUT2D eigenvalue weighted by atomic mass is 10.1. The van der Waals surface area contributed by atoms with Crippen molar-refractivity contribution in [2.45, 2.75) is 19.9 Å². The molecule has 132 valence electrons. The van der Waals surface area contributed by atoms with Gasteiger partial charge in [-0.2, -0.15) is 0 Å². The molecule has 0 radical (unpaired) electrons. The molecule has 1 aromatic heterocycles. The van der Waals surface area contributed by atoms with E-state index in [9.17, 15) is 4.79 Å². The maximum Gasteiger partial charge on any atom is 0.321 e. The number of fused-ring (bicyclic) bond motifs is 2. The van der Waals surface area contributed by atoms with Gasteiger partial charge >= 0.3 is 6.03 Å². The lowest BCUT2D eigenvalue weighted by Crippen LogP contribution is -2.38. The number of nitrogens with one attached hydrogen (secondary N) is 2. The third-order valence-electron chi connectivity index (χ3n) is 4.72. The van der Waals surface area contributed by atoms with Gasteiger partial charge in [-0.25, -0.2) is 4.79 Å². The highest BCUT2D eigenvalue weighted by Gasteiger charge is 2.24. The van der Waals surface area contributed by atoms with Gasteiger partial charge in [0.15, 0.2) is 0 Å². The average molecular weight is 346 g/mol. The summed E-state index contributed by atoms with van der Waals surface area (Å²) in [4.78, 5) is 18.4. The van der Waals surface area contributed by atoms with Crippen molar-refractivity contribution in [1.82, 2.24) is 10.3 Å². The number of benzene rings is 2. The van der Waals surface area contributed by atoms with Crippen molar-refractivity contribution in [1.29, 1.82) is 0 Å². The van der Waals surface area contributed by atoms with E-state index in [1.807, 2.05) is 30.2 Å². The number of urea groups is 1. The average Bonchev–Trinajstić information content (AvgIpc) is 3.10. The fourth-order valence-corrected chi connectivity index (χ4v) is 3.39. The third-order valence-corrected chi connectivity index (χ3v) is 4.72. The normalized spacial score (nSPS) is 12.9. The summed E-state index contributed by atoms with van der Waals surface area (Å²) in [5, 5.41) is 7.49. The Bertz CT molecular complexity index is 954. The number of hydrogen-bond acceptors (Lipinski definition) is 3. The Balaban J connectivity index is 1.50. The number of pyridine rings is 1. The highest BCUT2D eigenvalue weighted by atomic mass is 16.2. The molecule has 5 heteroatoms. The van der Waals surface area contributed by atoms with Crippen LogP contribution in [0.1, 0.15) is 18.1 Å². The summed E-state index contributed by atoms with van der Waals surface area (Å²) in [5.74, 6) is 0. The number of anilines is 2. The van der Waals surface area contributed by atoms with E-state index in [0.717, 1.165) is 41.8 Å². The molecule has 1 aliphatic heterocycles. The first-order valence-corrected chi connectivity index (χ1v) is 9.00. The zero-order valence-electron chi connectivity index (χ0n) is 14.8. The third kappa shape index (κ3) is 3.20. The van der Waals surface area contributed by atoms with E-state index < -0.39 is 0 Å². The molecule has 0 saturated heterocycles. The first-order chi connectivity index (χ1) is 12.7. The monoisotopic (exact) mass is 346 g/mol. The van der Waals surface area contributed by atoms with Gasteiger partial charge in [0.25, 0.3) is 0 Å². The number of rotatable bonds is 4. The molecule has 0 atom stereocenters. The Morgan fingerprint density at radius 2 is 2.12 bits per heavy atom. The smallest absolute Gasteiger partial charge is 0.321 e. The molecule has 0 fully saturated rings. The van der Waals surface area contributed by atoms with Gasteiger partial charge in [0, 0.05) is 36.9 Å². The summed E-state index contributed by atoms with van der Waals surface area (Å²) in [6, 6.07) is 16.6. The van der Waals surface area contributed by atoms with Crippen molar-refractivity contribution >= 4 is 28.3 Å². The van der Waals surface area contributed by atoms with Crippen LogP contribution in [0.25, 0.3) is 10.9 Å². The second kappa shape index (κ2) is 7.04. The van der Waals surface area contributed by atoms with Crippen molar-refractivity contribution in [3.05, 3.63) is 65.9 Å². The molecule has 2 N–H and O–H groups in total. The van der Waals surface area contributed by atoms with Crippen LogP contribution in [-0.2, 0) is 13.0 Å². The molecule has 2 aromatic carbocycles. The van der Waals surface area contributed by atoms with Crippen LogP contribution in [0.5, 0.6) is 0 Å². The van der Waals surface area contributed by atoms with Gasteiger partial charge in [0.2, 0.25) is 0 Å². The Morgan fingerprint density at radius 1 is 1.19 bits per heavy atom. The van der Waals surface area contributed by atoms with Crippen LogP contribution in [0.2, 0.25) is 0 Å². The topological polar surface area (TPSA) is 57.3 Å². The number of carbonyl (C=O) groups is 1. The van der Waals surface area contributed by atoms with Crippen LogP contribution < -0.4 is 15.5 Å². The minimum Gasteiger partial charge on any atom is -0.381 e. The molecule has 2 amide bonds. The second-order valence-corrected chi connectivity index (χ2v) is 6.46. The number of nitrogens with zero attached hydrogens (tertiary/aromatic N) is 2. The Labute approximate surface area is 153 Å².